The van der Waals surface area contributed by atoms with E-state index in [0.29, 0.717) is 11.3 Å². The maximum atomic E-state index is 7.47. The van der Waals surface area contributed by atoms with Gasteiger partial charge in [0.15, 0.2) is 0 Å². The van der Waals surface area contributed by atoms with Gasteiger partial charge in [-0.3, -0.25) is 5.41 Å². The van der Waals surface area contributed by atoms with Crippen LogP contribution in [0.4, 0.5) is 0 Å². The molecule has 15 heavy (non-hydrogen) atoms. The highest BCUT2D eigenvalue weighted by atomic mass is 16.5. The van der Waals surface area contributed by atoms with E-state index < -0.39 is 0 Å². The lowest BCUT2D eigenvalue weighted by molar-refractivity contribution is 0.217. The largest absolute Gasteiger partial charge is 0.490 e. The van der Waals surface area contributed by atoms with Crippen LogP contribution in [-0.2, 0) is 0 Å². The van der Waals surface area contributed by atoms with E-state index in [4.69, 9.17) is 15.9 Å². The van der Waals surface area contributed by atoms with Gasteiger partial charge in [-0.1, -0.05) is 18.6 Å². The lowest BCUT2D eigenvalue weighted by atomic mass is 10.1. The van der Waals surface area contributed by atoms with Crippen LogP contribution in [-0.4, -0.2) is 11.9 Å². The standard InChI is InChI=1S/C12H18N2O/c1-4-9(3)15-11-6-5-8(2)7-10(11)12(13)14/h5-7,9H,4H2,1-3H3,(H3,13,14). The minimum Gasteiger partial charge on any atom is -0.490 e. The maximum absolute atomic E-state index is 7.47. The molecule has 0 aliphatic carbocycles. The third-order valence-corrected chi connectivity index (χ3v) is 2.33. The zero-order chi connectivity index (χ0) is 11.4. The van der Waals surface area contributed by atoms with Crippen molar-refractivity contribution < 1.29 is 4.74 Å². The number of rotatable bonds is 4. The van der Waals surface area contributed by atoms with E-state index in [-0.39, 0.29) is 11.9 Å². The number of nitrogen functional groups attached to an aromatic ring is 1. The molecule has 0 aromatic heterocycles. The normalized spacial score (nSPS) is 12.2. The van der Waals surface area contributed by atoms with E-state index in [2.05, 4.69) is 6.92 Å². The number of benzene rings is 1. The van der Waals surface area contributed by atoms with Crippen molar-refractivity contribution >= 4 is 5.84 Å². The third kappa shape index (κ3) is 2.98. The molecule has 3 nitrogen and oxygen atoms in total. The number of nitrogens with one attached hydrogen (secondary N) is 1. The molecule has 0 fully saturated rings. The van der Waals surface area contributed by atoms with E-state index in [1.165, 1.54) is 0 Å². The first-order valence-electron chi connectivity index (χ1n) is 5.16. The predicted octanol–water partition coefficient (Wildman–Crippen LogP) is 2.46. The van der Waals surface area contributed by atoms with Crippen molar-refractivity contribution in [2.45, 2.75) is 33.3 Å². The molecule has 0 saturated heterocycles. The summed E-state index contributed by atoms with van der Waals surface area (Å²) in [5, 5.41) is 7.47. The van der Waals surface area contributed by atoms with Crippen molar-refractivity contribution in [3.05, 3.63) is 29.3 Å². The van der Waals surface area contributed by atoms with E-state index in [1.54, 1.807) is 0 Å². The summed E-state index contributed by atoms with van der Waals surface area (Å²) < 4.78 is 5.69. The SMILES string of the molecule is CCC(C)Oc1ccc(C)cc1C(=N)N. The molecule has 1 aromatic carbocycles. The minimum atomic E-state index is 0.0528. The number of aryl methyl sites for hydroxylation is 1. The fourth-order valence-corrected chi connectivity index (χ4v) is 1.26. The molecule has 0 radical (unpaired) electrons. The molecule has 3 heteroatoms. The Morgan fingerprint density at radius 1 is 1.53 bits per heavy atom. The average molecular weight is 206 g/mol. The van der Waals surface area contributed by atoms with Gasteiger partial charge < -0.3 is 10.5 Å². The van der Waals surface area contributed by atoms with E-state index in [1.807, 2.05) is 32.0 Å². The molecule has 0 bridgehead atoms. The van der Waals surface area contributed by atoms with Gasteiger partial charge in [-0.05, 0) is 32.4 Å². The Morgan fingerprint density at radius 2 is 2.20 bits per heavy atom. The molecule has 0 amide bonds. The third-order valence-electron chi connectivity index (χ3n) is 2.33. The molecule has 0 saturated carbocycles. The van der Waals surface area contributed by atoms with Gasteiger partial charge in [-0.15, -0.1) is 0 Å². The quantitative estimate of drug-likeness (QED) is 0.587. The molecule has 1 atom stereocenters. The second-order valence-electron chi connectivity index (χ2n) is 3.75. The summed E-state index contributed by atoms with van der Waals surface area (Å²) in [5.74, 6) is 0.749. The van der Waals surface area contributed by atoms with Crippen molar-refractivity contribution in [2.24, 2.45) is 5.73 Å². The summed E-state index contributed by atoms with van der Waals surface area (Å²) in [5.41, 5.74) is 7.26. The summed E-state index contributed by atoms with van der Waals surface area (Å²) in [6, 6.07) is 5.71. The smallest absolute Gasteiger partial charge is 0.130 e. The number of nitrogens with two attached hydrogens (primary N) is 1. The first-order chi connectivity index (χ1) is 7.04. The molecule has 82 valence electrons. The molecule has 0 aliphatic rings. The molecular weight excluding hydrogens is 188 g/mol. The van der Waals surface area contributed by atoms with Crippen molar-refractivity contribution in [1.82, 2.24) is 0 Å². The van der Waals surface area contributed by atoms with Gasteiger partial charge in [0.05, 0.1) is 11.7 Å². The predicted molar refractivity (Wildman–Crippen MR) is 62.6 cm³/mol. The molecule has 3 N–H and O–H groups in total. The van der Waals surface area contributed by atoms with Gasteiger partial charge >= 0.3 is 0 Å². The van der Waals surface area contributed by atoms with Crippen molar-refractivity contribution in [3.8, 4) is 5.75 Å². The lowest BCUT2D eigenvalue weighted by Gasteiger charge is -2.15. The lowest BCUT2D eigenvalue weighted by Crippen LogP contribution is -2.17. The molecule has 0 spiro atoms. The van der Waals surface area contributed by atoms with Gasteiger partial charge in [0.25, 0.3) is 0 Å². The van der Waals surface area contributed by atoms with Crippen LogP contribution >= 0.6 is 0 Å². The molecular formula is C12H18N2O. The Balaban J connectivity index is 3.01. The molecule has 1 aromatic rings. The van der Waals surface area contributed by atoms with Crippen LogP contribution in [0.2, 0.25) is 0 Å². The molecule has 1 unspecified atom stereocenters. The Morgan fingerprint density at radius 3 is 2.73 bits per heavy atom. The van der Waals surface area contributed by atoms with Gasteiger partial charge in [-0.2, -0.15) is 0 Å². The van der Waals surface area contributed by atoms with Gasteiger partial charge in [0.2, 0.25) is 0 Å². The first kappa shape index (κ1) is 11.6. The van der Waals surface area contributed by atoms with E-state index in [0.717, 1.165) is 12.0 Å². The topological polar surface area (TPSA) is 59.1 Å². The Kier molecular flexibility index (Phi) is 3.72. The summed E-state index contributed by atoms with van der Waals surface area (Å²) >= 11 is 0. The zero-order valence-electron chi connectivity index (χ0n) is 9.50. The average Bonchev–Trinajstić information content (AvgIpc) is 2.20. The van der Waals surface area contributed by atoms with Crippen molar-refractivity contribution in [3.63, 3.8) is 0 Å². The van der Waals surface area contributed by atoms with Gasteiger partial charge in [0, 0.05) is 0 Å². The zero-order valence-corrected chi connectivity index (χ0v) is 9.50. The maximum Gasteiger partial charge on any atom is 0.130 e. The highest BCUT2D eigenvalue weighted by molar-refractivity contribution is 5.97. The number of hydrogen-bond donors (Lipinski definition) is 2. The number of amidine groups is 1. The first-order valence-corrected chi connectivity index (χ1v) is 5.16. The van der Waals surface area contributed by atoms with Crippen molar-refractivity contribution in [2.75, 3.05) is 0 Å². The van der Waals surface area contributed by atoms with Gasteiger partial charge in [0.1, 0.15) is 11.6 Å². The second kappa shape index (κ2) is 4.82. The molecule has 1 rings (SSSR count). The summed E-state index contributed by atoms with van der Waals surface area (Å²) in [6.07, 6.45) is 1.08. The fraction of sp³-hybridized carbons (Fsp3) is 0.417. The number of hydrogen-bond acceptors (Lipinski definition) is 2. The van der Waals surface area contributed by atoms with E-state index in [9.17, 15) is 0 Å². The molecule has 0 heterocycles. The molecule has 0 aliphatic heterocycles. The summed E-state index contributed by atoms with van der Waals surface area (Å²) in [4.78, 5) is 0. The van der Waals surface area contributed by atoms with Crippen LogP contribution in [0, 0.1) is 12.3 Å². The Labute approximate surface area is 90.8 Å². The van der Waals surface area contributed by atoms with Crippen LogP contribution in [0.25, 0.3) is 0 Å². The van der Waals surface area contributed by atoms with Crippen LogP contribution in [0.3, 0.4) is 0 Å². The van der Waals surface area contributed by atoms with Crippen molar-refractivity contribution in [1.29, 1.82) is 5.41 Å². The highest BCUT2D eigenvalue weighted by Crippen LogP contribution is 2.21. The minimum absolute atomic E-state index is 0.0528. The second-order valence-corrected chi connectivity index (χ2v) is 3.75. The van der Waals surface area contributed by atoms with Crippen LogP contribution in [0.15, 0.2) is 18.2 Å². The monoisotopic (exact) mass is 206 g/mol. The van der Waals surface area contributed by atoms with Crippen LogP contribution in [0.1, 0.15) is 31.4 Å². The van der Waals surface area contributed by atoms with E-state index >= 15 is 0 Å². The summed E-state index contributed by atoms with van der Waals surface area (Å²) in [7, 11) is 0. The number of ether oxygens (including phenoxy) is 1. The Bertz CT molecular complexity index is 361. The highest BCUT2D eigenvalue weighted by Gasteiger charge is 2.09. The summed E-state index contributed by atoms with van der Waals surface area (Å²) in [6.45, 7) is 6.04. The van der Waals surface area contributed by atoms with Crippen LogP contribution < -0.4 is 10.5 Å². The fourth-order valence-electron chi connectivity index (χ4n) is 1.26. The Hall–Kier alpha value is -1.51. The van der Waals surface area contributed by atoms with Gasteiger partial charge in [-0.25, -0.2) is 0 Å². The van der Waals surface area contributed by atoms with Crippen LogP contribution in [0.5, 0.6) is 5.75 Å².